The van der Waals surface area contributed by atoms with Crippen LogP contribution < -0.4 is 4.74 Å². The molecule has 3 bridgehead atoms. The second-order valence-electron chi connectivity index (χ2n) is 12.2. The number of benzene rings is 1. The Morgan fingerprint density at radius 1 is 0.806 bits per heavy atom. The molecule has 2 amide bonds. The van der Waals surface area contributed by atoms with E-state index in [2.05, 4.69) is 11.0 Å². The molecular formula is C28H38N4O4. The minimum atomic E-state index is -0.541. The molecule has 2 atom stereocenters. The van der Waals surface area contributed by atoms with E-state index in [-0.39, 0.29) is 36.1 Å². The second kappa shape index (κ2) is 8.28. The summed E-state index contributed by atoms with van der Waals surface area (Å²) in [4.78, 5) is 48.3. The van der Waals surface area contributed by atoms with Gasteiger partial charge in [0, 0.05) is 50.2 Å². The fraction of sp³-hybridized carbons (Fsp3) is 0.679. The number of carbonyl (C=O) groups excluding carboxylic acids is 3. The van der Waals surface area contributed by atoms with E-state index in [1.165, 1.54) is 19.3 Å². The highest BCUT2D eigenvalue weighted by Crippen LogP contribution is 2.71. The lowest BCUT2D eigenvalue weighted by Gasteiger charge is -2.59. The standard InChI is InChI=1S/C28H38N4O4/c1-26-16-31-18-28(26)19-32(17-27(28,2)25(26)35)24(34)15-30(14-23(31)33)12-20-7-8-22(36-3)21(11-20)13-29-9-5-4-6-10-29/h7-8,11H,4-6,9-10,12-19H2,1-3H3. The van der Waals surface area contributed by atoms with Gasteiger partial charge in [-0.2, -0.15) is 0 Å². The predicted molar refractivity (Wildman–Crippen MR) is 134 cm³/mol. The molecule has 0 aromatic heterocycles. The van der Waals surface area contributed by atoms with Crippen molar-refractivity contribution < 1.29 is 19.1 Å². The summed E-state index contributed by atoms with van der Waals surface area (Å²) in [5.74, 6) is 1.14. The highest BCUT2D eigenvalue weighted by Gasteiger charge is 2.82. The Balaban J connectivity index is 1.24. The number of Topliss-reactive ketones (excluding diaryl/α,β-unsaturated/α-hetero) is 1. The minimum Gasteiger partial charge on any atom is -0.496 e. The molecule has 6 rings (SSSR count). The van der Waals surface area contributed by atoms with Crippen LogP contribution >= 0.6 is 0 Å². The topological polar surface area (TPSA) is 73.4 Å². The van der Waals surface area contributed by atoms with Gasteiger partial charge in [-0.25, -0.2) is 0 Å². The van der Waals surface area contributed by atoms with Gasteiger partial charge >= 0.3 is 0 Å². The Morgan fingerprint density at radius 3 is 2.00 bits per heavy atom. The quantitative estimate of drug-likeness (QED) is 0.621. The zero-order valence-corrected chi connectivity index (χ0v) is 21.8. The first-order chi connectivity index (χ1) is 17.2. The van der Waals surface area contributed by atoms with Crippen LogP contribution in [0, 0.1) is 16.2 Å². The van der Waals surface area contributed by atoms with E-state index < -0.39 is 10.8 Å². The van der Waals surface area contributed by atoms with Crippen LogP contribution in [0.3, 0.4) is 0 Å². The van der Waals surface area contributed by atoms with Crippen molar-refractivity contribution in [3.63, 3.8) is 0 Å². The van der Waals surface area contributed by atoms with Gasteiger partial charge in [-0.1, -0.05) is 26.3 Å². The molecule has 0 N–H and O–H groups in total. The van der Waals surface area contributed by atoms with Crippen molar-refractivity contribution in [1.29, 1.82) is 0 Å². The number of piperidine rings is 1. The number of ether oxygens (including phenoxy) is 1. The largest absolute Gasteiger partial charge is 0.496 e. The lowest BCUT2D eigenvalue weighted by Crippen LogP contribution is -2.70. The molecule has 1 saturated carbocycles. The van der Waals surface area contributed by atoms with Crippen LogP contribution in [0.15, 0.2) is 18.2 Å². The molecule has 2 unspecified atom stereocenters. The van der Waals surface area contributed by atoms with Gasteiger partial charge in [0.05, 0.1) is 31.0 Å². The number of nitrogens with zero attached hydrogens (tertiary/aromatic N) is 4. The first-order valence-electron chi connectivity index (χ1n) is 13.4. The van der Waals surface area contributed by atoms with Gasteiger partial charge in [0.15, 0.2) is 0 Å². The van der Waals surface area contributed by atoms with E-state index in [9.17, 15) is 14.4 Å². The summed E-state index contributed by atoms with van der Waals surface area (Å²) < 4.78 is 5.65. The van der Waals surface area contributed by atoms with Crippen molar-refractivity contribution in [3.05, 3.63) is 29.3 Å². The SMILES string of the molecule is COc1ccc(CN2CC(=O)N3CC4(C)C(=O)C5(C)CN(CC45C3)C(=O)C2)cc1CN1CCCCC1. The summed E-state index contributed by atoms with van der Waals surface area (Å²) in [6, 6.07) is 6.22. The fourth-order valence-corrected chi connectivity index (χ4v) is 8.08. The van der Waals surface area contributed by atoms with E-state index in [0.717, 1.165) is 36.5 Å². The molecule has 8 heteroatoms. The van der Waals surface area contributed by atoms with E-state index in [1.807, 2.05) is 40.7 Å². The van der Waals surface area contributed by atoms with Crippen molar-refractivity contribution >= 4 is 17.6 Å². The smallest absolute Gasteiger partial charge is 0.236 e. The monoisotopic (exact) mass is 494 g/mol. The molecule has 8 nitrogen and oxygen atoms in total. The van der Waals surface area contributed by atoms with Crippen molar-refractivity contribution in [2.75, 3.05) is 59.5 Å². The molecule has 1 aromatic rings. The Bertz CT molecular complexity index is 1070. The van der Waals surface area contributed by atoms with E-state index in [4.69, 9.17) is 4.74 Å². The summed E-state index contributed by atoms with van der Waals surface area (Å²) in [5, 5.41) is 0. The maximum absolute atomic E-state index is 13.4. The highest BCUT2D eigenvalue weighted by molar-refractivity contribution is 6.02. The molecule has 1 aliphatic carbocycles. The molecule has 4 heterocycles. The van der Waals surface area contributed by atoms with Crippen LogP contribution in [0.2, 0.25) is 0 Å². The van der Waals surface area contributed by atoms with Crippen LogP contribution in [0.5, 0.6) is 5.75 Å². The number of methoxy groups -OCH3 is 1. The zero-order valence-electron chi connectivity index (χ0n) is 21.8. The summed E-state index contributed by atoms with van der Waals surface area (Å²) in [5.41, 5.74) is 0.847. The van der Waals surface area contributed by atoms with Gasteiger partial charge in [-0.15, -0.1) is 0 Å². The third-order valence-electron chi connectivity index (χ3n) is 10.1. The Morgan fingerprint density at radius 2 is 1.42 bits per heavy atom. The number of rotatable bonds is 5. The number of likely N-dealkylation sites (tertiary alicyclic amines) is 1. The van der Waals surface area contributed by atoms with Gasteiger partial charge in [0.1, 0.15) is 11.5 Å². The first kappa shape index (κ1) is 23.9. The van der Waals surface area contributed by atoms with Crippen molar-refractivity contribution in [2.45, 2.75) is 46.2 Å². The molecule has 4 aliphatic heterocycles. The van der Waals surface area contributed by atoms with Crippen molar-refractivity contribution in [2.24, 2.45) is 16.2 Å². The second-order valence-corrected chi connectivity index (χ2v) is 12.2. The van der Waals surface area contributed by atoms with Gasteiger partial charge in [-0.3, -0.25) is 24.2 Å². The Kier molecular flexibility index (Phi) is 5.50. The molecule has 5 fully saturated rings. The van der Waals surface area contributed by atoms with Crippen molar-refractivity contribution in [3.8, 4) is 5.75 Å². The Hall–Kier alpha value is -2.45. The molecule has 1 aromatic carbocycles. The average Bonchev–Trinajstić information content (AvgIpc) is 3.31. The first-order valence-corrected chi connectivity index (χ1v) is 13.4. The predicted octanol–water partition coefficient (Wildman–Crippen LogP) is 1.76. The highest BCUT2D eigenvalue weighted by atomic mass is 16.5. The summed E-state index contributed by atoms with van der Waals surface area (Å²) in [6.07, 6.45) is 3.77. The number of carbonyl (C=O) groups is 3. The van der Waals surface area contributed by atoms with Gasteiger partial charge < -0.3 is 14.5 Å². The third-order valence-corrected chi connectivity index (χ3v) is 10.1. The van der Waals surface area contributed by atoms with Crippen LogP contribution in [0.25, 0.3) is 0 Å². The normalized spacial score (nSPS) is 34.8. The molecule has 36 heavy (non-hydrogen) atoms. The van der Waals surface area contributed by atoms with E-state index in [1.54, 1.807) is 7.11 Å². The van der Waals surface area contributed by atoms with Crippen LogP contribution in [-0.2, 0) is 27.5 Å². The number of fused-ring (bicyclic) bond motifs is 2. The lowest BCUT2D eigenvalue weighted by molar-refractivity contribution is -0.175. The molecule has 5 aliphatic rings. The van der Waals surface area contributed by atoms with E-state index in [0.29, 0.717) is 32.7 Å². The van der Waals surface area contributed by atoms with Crippen LogP contribution in [0.1, 0.15) is 44.2 Å². The maximum atomic E-state index is 13.4. The summed E-state index contributed by atoms with van der Waals surface area (Å²) in [7, 11) is 1.71. The summed E-state index contributed by atoms with van der Waals surface area (Å²) >= 11 is 0. The summed E-state index contributed by atoms with van der Waals surface area (Å²) in [6.45, 7) is 10.1. The van der Waals surface area contributed by atoms with Crippen molar-refractivity contribution in [1.82, 2.24) is 19.6 Å². The molecule has 1 spiro atoms. The lowest BCUT2D eigenvalue weighted by atomic mass is 9.39. The van der Waals surface area contributed by atoms with E-state index >= 15 is 0 Å². The van der Waals surface area contributed by atoms with Crippen LogP contribution in [0.4, 0.5) is 0 Å². The molecular weight excluding hydrogens is 456 g/mol. The zero-order chi connectivity index (χ0) is 25.3. The minimum absolute atomic E-state index is 0.0188. The third kappa shape index (κ3) is 3.29. The van der Waals surface area contributed by atoms with Gasteiger partial charge in [0.2, 0.25) is 11.8 Å². The fourth-order valence-electron chi connectivity index (χ4n) is 8.08. The number of ketones is 1. The maximum Gasteiger partial charge on any atom is 0.236 e. The average molecular weight is 495 g/mol. The number of amides is 2. The Labute approximate surface area is 213 Å². The number of hydrogen-bond donors (Lipinski definition) is 0. The van der Waals surface area contributed by atoms with Crippen LogP contribution in [-0.4, -0.2) is 96.7 Å². The number of hydrogen-bond acceptors (Lipinski definition) is 6. The molecule has 194 valence electrons. The molecule has 4 saturated heterocycles. The van der Waals surface area contributed by atoms with Gasteiger partial charge in [-0.05, 0) is 43.6 Å². The molecule has 0 radical (unpaired) electrons. The van der Waals surface area contributed by atoms with Gasteiger partial charge in [0.25, 0.3) is 0 Å².